The third-order valence-corrected chi connectivity index (χ3v) is 3.74. The molecule has 1 saturated heterocycles. The van der Waals surface area contributed by atoms with Crippen LogP contribution in [-0.4, -0.2) is 41.5 Å². The predicted molar refractivity (Wildman–Crippen MR) is 80.0 cm³/mol. The zero-order chi connectivity index (χ0) is 13.9. The molecule has 1 fully saturated rings. The highest BCUT2D eigenvalue weighted by atomic mass is 32.2. The molecule has 0 aliphatic carbocycles. The lowest BCUT2D eigenvalue weighted by molar-refractivity contribution is -0.0553. The summed E-state index contributed by atoms with van der Waals surface area (Å²) in [5, 5.41) is 7.35. The number of rotatable bonds is 4. The van der Waals surface area contributed by atoms with Crippen molar-refractivity contribution in [3.05, 3.63) is 6.07 Å². The molecular weight excluding hydrogens is 260 g/mol. The standard InChI is InChI=1S/C13H22N4OS/c1-13(2)8-9(5-6-18-13)15-11-7-10(14-3)16-12(17-11)19-4/h7,9H,5-6,8H2,1-4H3,(H2,14,15,16,17). The Balaban J connectivity index is 2.09. The van der Waals surface area contributed by atoms with E-state index in [1.54, 1.807) is 11.8 Å². The van der Waals surface area contributed by atoms with E-state index >= 15 is 0 Å². The fourth-order valence-electron chi connectivity index (χ4n) is 2.28. The van der Waals surface area contributed by atoms with Crippen LogP contribution in [0.25, 0.3) is 0 Å². The van der Waals surface area contributed by atoms with E-state index in [1.165, 1.54) is 0 Å². The molecule has 0 bridgehead atoms. The van der Waals surface area contributed by atoms with Gasteiger partial charge >= 0.3 is 0 Å². The van der Waals surface area contributed by atoms with Crippen molar-refractivity contribution in [2.45, 2.75) is 43.5 Å². The Kier molecular flexibility index (Phi) is 4.52. The lowest BCUT2D eigenvalue weighted by atomic mass is 9.94. The molecule has 2 N–H and O–H groups in total. The Labute approximate surface area is 118 Å². The second kappa shape index (κ2) is 5.96. The molecule has 19 heavy (non-hydrogen) atoms. The number of hydrogen-bond donors (Lipinski definition) is 2. The minimum Gasteiger partial charge on any atom is -0.375 e. The monoisotopic (exact) mass is 282 g/mol. The number of aromatic nitrogens is 2. The third kappa shape index (κ3) is 3.98. The molecule has 0 amide bonds. The first-order chi connectivity index (χ1) is 9.02. The predicted octanol–water partition coefficient (Wildman–Crippen LogP) is 2.61. The van der Waals surface area contributed by atoms with Gasteiger partial charge < -0.3 is 15.4 Å². The quantitative estimate of drug-likeness (QED) is 0.654. The van der Waals surface area contributed by atoms with Crippen molar-refractivity contribution in [2.75, 3.05) is 30.5 Å². The fraction of sp³-hybridized carbons (Fsp3) is 0.692. The van der Waals surface area contributed by atoms with E-state index in [2.05, 4.69) is 34.4 Å². The zero-order valence-corrected chi connectivity index (χ0v) is 12.8. The van der Waals surface area contributed by atoms with Crippen LogP contribution >= 0.6 is 11.8 Å². The number of nitrogens with zero attached hydrogens (tertiary/aromatic N) is 2. The van der Waals surface area contributed by atoms with Crippen LogP contribution in [0.3, 0.4) is 0 Å². The third-order valence-electron chi connectivity index (χ3n) is 3.19. The number of thioether (sulfide) groups is 1. The van der Waals surface area contributed by atoms with E-state index in [0.29, 0.717) is 6.04 Å². The SMILES string of the molecule is CNc1cc(NC2CCOC(C)(C)C2)nc(SC)n1. The molecule has 2 rings (SSSR count). The van der Waals surface area contributed by atoms with E-state index in [4.69, 9.17) is 4.74 Å². The lowest BCUT2D eigenvalue weighted by Gasteiger charge is -2.36. The van der Waals surface area contributed by atoms with Gasteiger partial charge in [-0.15, -0.1) is 0 Å². The van der Waals surface area contributed by atoms with Crippen molar-refractivity contribution in [1.29, 1.82) is 0 Å². The van der Waals surface area contributed by atoms with E-state index in [9.17, 15) is 0 Å². The van der Waals surface area contributed by atoms with Crippen LogP contribution in [-0.2, 0) is 4.74 Å². The van der Waals surface area contributed by atoms with E-state index in [1.807, 2.05) is 19.4 Å². The molecule has 1 atom stereocenters. The zero-order valence-electron chi connectivity index (χ0n) is 12.0. The average molecular weight is 282 g/mol. The molecule has 0 aromatic carbocycles. The lowest BCUT2D eigenvalue weighted by Crippen LogP contribution is -2.40. The topological polar surface area (TPSA) is 59.1 Å². The van der Waals surface area contributed by atoms with Gasteiger partial charge in [-0.3, -0.25) is 0 Å². The molecule has 1 aromatic heterocycles. The average Bonchev–Trinajstić information content (AvgIpc) is 2.37. The van der Waals surface area contributed by atoms with Crippen molar-refractivity contribution in [3.8, 4) is 0 Å². The summed E-state index contributed by atoms with van der Waals surface area (Å²) in [5.41, 5.74) is -0.0584. The summed E-state index contributed by atoms with van der Waals surface area (Å²) >= 11 is 1.55. The Hall–Kier alpha value is -1.01. The van der Waals surface area contributed by atoms with Crippen molar-refractivity contribution < 1.29 is 4.74 Å². The van der Waals surface area contributed by atoms with Crippen LogP contribution in [0, 0.1) is 0 Å². The van der Waals surface area contributed by atoms with Gasteiger partial charge in [0.25, 0.3) is 0 Å². The minimum atomic E-state index is -0.0584. The molecule has 1 unspecified atom stereocenters. The molecule has 106 valence electrons. The Morgan fingerprint density at radius 2 is 2.11 bits per heavy atom. The minimum absolute atomic E-state index is 0.0584. The summed E-state index contributed by atoms with van der Waals surface area (Å²) < 4.78 is 5.73. The maximum absolute atomic E-state index is 5.73. The van der Waals surface area contributed by atoms with Crippen LogP contribution in [0.2, 0.25) is 0 Å². The normalized spacial score (nSPS) is 22.0. The van der Waals surface area contributed by atoms with E-state index in [0.717, 1.165) is 36.2 Å². The van der Waals surface area contributed by atoms with Crippen LogP contribution < -0.4 is 10.6 Å². The molecule has 0 radical (unpaired) electrons. The molecule has 1 aliphatic rings. The van der Waals surface area contributed by atoms with Crippen molar-refractivity contribution >= 4 is 23.4 Å². The van der Waals surface area contributed by atoms with Gasteiger partial charge in [0.1, 0.15) is 11.6 Å². The highest BCUT2D eigenvalue weighted by molar-refractivity contribution is 7.98. The summed E-state index contributed by atoms with van der Waals surface area (Å²) in [4.78, 5) is 8.87. The molecular formula is C13H22N4OS. The van der Waals surface area contributed by atoms with Gasteiger partial charge in [-0.1, -0.05) is 11.8 Å². The molecule has 1 aromatic rings. The number of ether oxygens (including phenoxy) is 1. The Bertz CT molecular complexity index is 416. The molecule has 0 spiro atoms. The highest BCUT2D eigenvalue weighted by Crippen LogP contribution is 2.27. The van der Waals surface area contributed by atoms with Crippen molar-refractivity contribution in [2.24, 2.45) is 0 Å². The van der Waals surface area contributed by atoms with Crippen LogP contribution in [0.1, 0.15) is 26.7 Å². The van der Waals surface area contributed by atoms with Gasteiger partial charge in [0, 0.05) is 25.8 Å². The van der Waals surface area contributed by atoms with Crippen LogP contribution in [0.5, 0.6) is 0 Å². The summed E-state index contributed by atoms with van der Waals surface area (Å²) in [6.07, 6.45) is 3.98. The van der Waals surface area contributed by atoms with E-state index < -0.39 is 0 Å². The molecule has 6 heteroatoms. The maximum Gasteiger partial charge on any atom is 0.191 e. The summed E-state index contributed by atoms with van der Waals surface area (Å²) in [5.74, 6) is 1.72. The second-order valence-electron chi connectivity index (χ2n) is 5.32. The Morgan fingerprint density at radius 1 is 1.37 bits per heavy atom. The van der Waals surface area contributed by atoms with Crippen LogP contribution in [0.15, 0.2) is 11.2 Å². The van der Waals surface area contributed by atoms with Gasteiger partial charge in [0.05, 0.1) is 5.60 Å². The summed E-state index contributed by atoms with van der Waals surface area (Å²) in [6.45, 7) is 5.06. The first-order valence-corrected chi connectivity index (χ1v) is 7.76. The van der Waals surface area contributed by atoms with Crippen molar-refractivity contribution in [1.82, 2.24) is 9.97 Å². The summed E-state index contributed by atoms with van der Waals surface area (Å²) in [7, 11) is 1.87. The van der Waals surface area contributed by atoms with Crippen LogP contribution in [0.4, 0.5) is 11.6 Å². The molecule has 0 saturated carbocycles. The summed E-state index contributed by atoms with van der Waals surface area (Å²) in [6, 6.07) is 2.35. The molecule has 2 heterocycles. The van der Waals surface area contributed by atoms with Gasteiger partial charge in [0.2, 0.25) is 0 Å². The first-order valence-electron chi connectivity index (χ1n) is 6.54. The maximum atomic E-state index is 5.73. The number of nitrogens with one attached hydrogen (secondary N) is 2. The largest absolute Gasteiger partial charge is 0.375 e. The highest BCUT2D eigenvalue weighted by Gasteiger charge is 2.28. The van der Waals surface area contributed by atoms with E-state index in [-0.39, 0.29) is 5.60 Å². The van der Waals surface area contributed by atoms with Gasteiger partial charge in [-0.2, -0.15) is 0 Å². The molecule has 5 nitrogen and oxygen atoms in total. The smallest absolute Gasteiger partial charge is 0.191 e. The number of hydrogen-bond acceptors (Lipinski definition) is 6. The van der Waals surface area contributed by atoms with Gasteiger partial charge in [-0.05, 0) is 32.9 Å². The second-order valence-corrected chi connectivity index (χ2v) is 6.09. The van der Waals surface area contributed by atoms with Gasteiger partial charge in [0.15, 0.2) is 5.16 Å². The van der Waals surface area contributed by atoms with Crippen molar-refractivity contribution in [3.63, 3.8) is 0 Å². The van der Waals surface area contributed by atoms with Gasteiger partial charge in [-0.25, -0.2) is 9.97 Å². The Morgan fingerprint density at radius 3 is 2.74 bits per heavy atom. The number of anilines is 2. The fourth-order valence-corrected chi connectivity index (χ4v) is 2.66. The molecule has 1 aliphatic heterocycles. The first kappa shape index (κ1) is 14.4.